The van der Waals surface area contributed by atoms with Crippen molar-refractivity contribution in [1.29, 1.82) is 0 Å². The standard InChI is InChI=1S/C14H21BrClNO/c1-14(2,18-4)8-7-13(17-3)11-9-10(15)5-6-12(11)16/h5-6,9,13,17H,7-8H2,1-4H3. The minimum Gasteiger partial charge on any atom is -0.379 e. The molecule has 1 aromatic carbocycles. The van der Waals surface area contributed by atoms with E-state index in [1.165, 1.54) is 0 Å². The monoisotopic (exact) mass is 333 g/mol. The van der Waals surface area contributed by atoms with E-state index in [1.54, 1.807) is 7.11 Å². The molecule has 1 N–H and O–H groups in total. The highest BCUT2D eigenvalue weighted by molar-refractivity contribution is 9.10. The second kappa shape index (κ2) is 6.90. The van der Waals surface area contributed by atoms with E-state index in [-0.39, 0.29) is 11.6 Å². The van der Waals surface area contributed by atoms with Crippen LogP contribution in [0.2, 0.25) is 5.02 Å². The number of ether oxygens (including phenoxy) is 1. The minimum absolute atomic E-state index is 0.104. The molecule has 0 aliphatic rings. The van der Waals surface area contributed by atoms with Gasteiger partial charge in [0.1, 0.15) is 0 Å². The highest BCUT2D eigenvalue weighted by Gasteiger charge is 2.20. The molecule has 1 unspecified atom stereocenters. The van der Waals surface area contributed by atoms with Crippen LogP contribution in [0.4, 0.5) is 0 Å². The predicted octanol–water partition coefficient (Wildman–Crippen LogP) is 4.57. The summed E-state index contributed by atoms with van der Waals surface area (Å²) in [5, 5.41) is 4.12. The molecule has 1 atom stereocenters. The van der Waals surface area contributed by atoms with Crippen LogP contribution in [0.5, 0.6) is 0 Å². The smallest absolute Gasteiger partial charge is 0.0623 e. The number of rotatable bonds is 6. The molecule has 0 heterocycles. The lowest BCUT2D eigenvalue weighted by Crippen LogP contribution is -2.26. The van der Waals surface area contributed by atoms with Gasteiger partial charge in [0.25, 0.3) is 0 Å². The maximum atomic E-state index is 6.26. The van der Waals surface area contributed by atoms with Crippen molar-refractivity contribution in [2.24, 2.45) is 0 Å². The molecule has 18 heavy (non-hydrogen) atoms. The summed E-state index contributed by atoms with van der Waals surface area (Å²) in [6.45, 7) is 4.20. The van der Waals surface area contributed by atoms with Crippen molar-refractivity contribution >= 4 is 27.5 Å². The van der Waals surface area contributed by atoms with Gasteiger partial charge >= 0.3 is 0 Å². The number of benzene rings is 1. The molecule has 0 amide bonds. The van der Waals surface area contributed by atoms with E-state index in [0.29, 0.717) is 0 Å². The van der Waals surface area contributed by atoms with Gasteiger partial charge in [0, 0.05) is 22.6 Å². The maximum absolute atomic E-state index is 6.26. The van der Waals surface area contributed by atoms with Gasteiger partial charge in [-0.05, 0) is 57.5 Å². The van der Waals surface area contributed by atoms with Crippen LogP contribution in [-0.2, 0) is 4.74 Å². The molecule has 102 valence electrons. The Kier molecular flexibility index (Phi) is 6.12. The van der Waals surface area contributed by atoms with Crippen LogP contribution >= 0.6 is 27.5 Å². The zero-order chi connectivity index (χ0) is 13.8. The molecule has 0 aliphatic carbocycles. The fourth-order valence-electron chi connectivity index (χ4n) is 1.83. The molecular formula is C14H21BrClNO. The van der Waals surface area contributed by atoms with Crippen molar-refractivity contribution in [3.8, 4) is 0 Å². The van der Waals surface area contributed by atoms with E-state index in [1.807, 2.05) is 19.2 Å². The van der Waals surface area contributed by atoms with Gasteiger partial charge in [-0.2, -0.15) is 0 Å². The first-order chi connectivity index (χ1) is 8.39. The minimum atomic E-state index is -0.104. The number of methoxy groups -OCH3 is 1. The second-order valence-corrected chi connectivity index (χ2v) is 6.33. The van der Waals surface area contributed by atoms with Gasteiger partial charge in [0.15, 0.2) is 0 Å². The van der Waals surface area contributed by atoms with Gasteiger partial charge in [-0.15, -0.1) is 0 Å². The van der Waals surface area contributed by atoms with Gasteiger partial charge in [0.2, 0.25) is 0 Å². The second-order valence-electron chi connectivity index (χ2n) is 5.01. The Morgan fingerprint density at radius 2 is 2.11 bits per heavy atom. The summed E-state index contributed by atoms with van der Waals surface area (Å²) < 4.78 is 6.50. The highest BCUT2D eigenvalue weighted by atomic mass is 79.9. The molecule has 4 heteroatoms. The van der Waals surface area contributed by atoms with Crippen molar-refractivity contribution < 1.29 is 4.74 Å². The summed E-state index contributed by atoms with van der Waals surface area (Å²) in [4.78, 5) is 0. The molecular weight excluding hydrogens is 314 g/mol. The molecule has 0 radical (unpaired) electrons. The quantitative estimate of drug-likeness (QED) is 0.823. The third-order valence-corrected chi connectivity index (χ3v) is 4.11. The average molecular weight is 335 g/mol. The molecule has 0 saturated carbocycles. The molecule has 1 aromatic rings. The molecule has 1 rings (SSSR count). The summed E-state index contributed by atoms with van der Waals surface area (Å²) in [5.41, 5.74) is 1.02. The first kappa shape index (κ1) is 16.0. The molecule has 2 nitrogen and oxygen atoms in total. The number of hydrogen-bond acceptors (Lipinski definition) is 2. The zero-order valence-electron chi connectivity index (χ0n) is 11.4. The summed E-state index contributed by atoms with van der Waals surface area (Å²) in [6, 6.07) is 6.19. The zero-order valence-corrected chi connectivity index (χ0v) is 13.7. The van der Waals surface area contributed by atoms with E-state index in [0.717, 1.165) is 27.9 Å². The Hall–Kier alpha value is -0.0900. The number of nitrogens with one attached hydrogen (secondary N) is 1. The Morgan fingerprint density at radius 3 is 2.67 bits per heavy atom. The van der Waals surface area contributed by atoms with Gasteiger partial charge in [0.05, 0.1) is 5.60 Å². The van der Waals surface area contributed by atoms with Crippen LogP contribution in [0.3, 0.4) is 0 Å². The number of hydrogen-bond donors (Lipinski definition) is 1. The lowest BCUT2D eigenvalue weighted by Gasteiger charge is -2.26. The van der Waals surface area contributed by atoms with Crippen LogP contribution < -0.4 is 5.32 Å². The van der Waals surface area contributed by atoms with Crippen LogP contribution in [0.25, 0.3) is 0 Å². The van der Waals surface area contributed by atoms with Crippen molar-refractivity contribution in [3.63, 3.8) is 0 Å². The molecule has 0 spiro atoms. The van der Waals surface area contributed by atoms with E-state index >= 15 is 0 Å². The summed E-state index contributed by atoms with van der Waals surface area (Å²) >= 11 is 9.75. The topological polar surface area (TPSA) is 21.3 Å². The molecule has 0 aromatic heterocycles. The SMILES string of the molecule is CNC(CCC(C)(C)OC)c1cc(Br)ccc1Cl. The lowest BCUT2D eigenvalue weighted by molar-refractivity contribution is 0.0118. The predicted molar refractivity (Wildman–Crippen MR) is 81.3 cm³/mol. The Balaban J connectivity index is 2.80. The molecule has 0 fully saturated rings. The molecule has 0 saturated heterocycles. The summed E-state index contributed by atoms with van der Waals surface area (Å²) in [6.07, 6.45) is 1.95. The van der Waals surface area contributed by atoms with E-state index < -0.39 is 0 Å². The van der Waals surface area contributed by atoms with Crippen molar-refractivity contribution in [2.75, 3.05) is 14.2 Å². The molecule has 0 aliphatic heterocycles. The summed E-state index contributed by atoms with van der Waals surface area (Å²) in [5.74, 6) is 0. The van der Waals surface area contributed by atoms with E-state index in [2.05, 4.69) is 41.2 Å². The van der Waals surface area contributed by atoms with E-state index in [4.69, 9.17) is 16.3 Å². The van der Waals surface area contributed by atoms with Crippen LogP contribution in [-0.4, -0.2) is 19.8 Å². The highest BCUT2D eigenvalue weighted by Crippen LogP contribution is 2.31. The van der Waals surface area contributed by atoms with Crippen LogP contribution in [0.15, 0.2) is 22.7 Å². The largest absolute Gasteiger partial charge is 0.379 e. The van der Waals surface area contributed by atoms with Gasteiger partial charge in [-0.3, -0.25) is 0 Å². The van der Waals surface area contributed by atoms with Crippen LogP contribution in [0.1, 0.15) is 38.3 Å². The normalized spacial score (nSPS) is 13.7. The van der Waals surface area contributed by atoms with Gasteiger partial charge in [-0.25, -0.2) is 0 Å². The van der Waals surface area contributed by atoms with Gasteiger partial charge in [-0.1, -0.05) is 27.5 Å². The maximum Gasteiger partial charge on any atom is 0.0623 e. The third kappa shape index (κ3) is 4.54. The average Bonchev–Trinajstić information content (AvgIpc) is 2.34. The fourth-order valence-corrected chi connectivity index (χ4v) is 2.46. The first-order valence-electron chi connectivity index (χ1n) is 6.07. The fraction of sp³-hybridized carbons (Fsp3) is 0.571. The Labute approximate surface area is 123 Å². The van der Waals surface area contributed by atoms with E-state index in [9.17, 15) is 0 Å². The van der Waals surface area contributed by atoms with Gasteiger partial charge < -0.3 is 10.1 Å². The van der Waals surface area contributed by atoms with Crippen molar-refractivity contribution in [3.05, 3.63) is 33.3 Å². The third-order valence-electron chi connectivity index (χ3n) is 3.27. The van der Waals surface area contributed by atoms with Crippen molar-refractivity contribution in [1.82, 2.24) is 5.32 Å². The van der Waals surface area contributed by atoms with Crippen molar-refractivity contribution in [2.45, 2.75) is 38.3 Å². The Bertz CT molecular complexity index is 395. The number of halogens is 2. The molecule has 0 bridgehead atoms. The van der Waals surface area contributed by atoms with Crippen LogP contribution in [0, 0.1) is 0 Å². The lowest BCUT2D eigenvalue weighted by atomic mass is 9.95. The summed E-state index contributed by atoms with van der Waals surface area (Å²) in [7, 11) is 3.71. The Morgan fingerprint density at radius 1 is 1.44 bits per heavy atom. The first-order valence-corrected chi connectivity index (χ1v) is 7.24.